The van der Waals surface area contributed by atoms with Crippen molar-refractivity contribution in [2.45, 2.75) is 49.8 Å². The van der Waals surface area contributed by atoms with Gasteiger partial charge in [0.25, 0.3) is 0 Å². The summed E-state index contributed by atoms with van der Waals surface area (Å²) < 4.78 is 20.9. The second kappa shape index (κ2) is 12.6. The fourth-order valence-electron chi connectivity index (χ4n) is 3.34. The molecule has 3 rings (SSSR count). The van der Waals surface area contributed by atoms with Crippen LogP contribution in [-0.4, -0.2) is 33.6 Å². The zero-order valence-electron chi connectivity index (χ0n) is 18.4. The highest BCUT2D eigenvalue weighted by Gasteiger charge is 2.45. The van der Waals surface area contributed by atoms with E-state index in [0.717, 1.165) is 27.9 Å². The van der Waals surface area contributed by atoms with Gasteiger partial charge in [-0.1, -0.05) is 37.6 Å². The van der Waals surface area contributed by atoms with Crippen LogP contribution in [0, 0.1) is 0 Å². The van der Waals surface area contributed by atoms with E-state index in [1.807, 2.05) is 26.8 Å². The number of nitrogens with zero attached hydrogens (tertiary/aromatic N) is 1. The number of rotatable bonds is 13. The molecule has 0 aliphatic rings. The summed E-state index contributed by atoms with van der Waals surface area (Å²) in [7, 11) is 2.29. The monoisotopic (exact) mass is 511 g/mol. The predicted octanol–water partition coefficient (Wildman–Crippen LogP) is 6.95. The van der Waals surface area contributed by atoms with E-state index in [-0.39, 0.29) is 0 Å². The summed E-state index contributed by atoms with van der Waals surface area (Å²) in [4.78, 5) is 5.97. The van der Waals surface area contributed by atoms with E-state index in [9.17, 15) is 0 Å². The van der Waals surface area contributed by atoms with Crippen molar-refractivity contribution in [2.75, 3.05) is 19.8 Å². The van der Waals surface area contributed by atoms with Crippen molar-refractivity contribution in [3.63, 3.8) is 0 Å². The summed E-state index contributed by atoms with van der Waals surface area (Å²) in [6, 6.07) is 14.7. The minimum Gasteiger partial charge on any atom is -0.370 e. The summed E-state index contributed by atoms with van der Waals surface area (Å²) >= 11 is 1.74. The Kier molecular flexibility index (Phi) is 10.2. The molecule has 1 heterocycles. The number of para-hydroxylation sites is 1. The van der Waals surface area contributed by atoms with Crippen LogP contribution in [0.1, 0.15) is 39.7 Å². The molecule has 1 aromatic heterocycles. The Labute approximate surface area is 202 Å². The maximum absolute atomic E-state index is 6.21. The Bertz CT molecular complexity index is 919. The molecule has 168 valence electrons. The SMILES string of the molecule is CCCc1c(SSSc2nc3ccccc3s2)cccc1[Si](OCC)(OCC)OCC. The highest BCUT2D eigenvalue weighted by atomic mass is 33.5. The molecule has 0 spiro atoms. The zero-order chi connectivity index (χ0) is 22.1. The van der Waals surface area contributed by atoms with Gasteiger partial charge in [-0.25, -0.2) is 4.98 Å². The summed E-state index contributed by atoms with van der Waals surface area (Å²) in [5.74, 6) is 0. The Morgan fingerprint density at radius 3 is 2.23 bits per heavy atom. The molecule has 0 saturated heterocycles. The third kappa shape index (κ3) is 6.29. The van der Waals surface area contributed by atoms with Gasteiger partial charge in [0.15, 0.2) is 4.34 Å². The molecule has 0 aliphatic carbocycles. The van der Waals surface area contributed by atoms with Crippen LogP contribution in [0.4, 0.5) is 0 Å². The van der Waals surface area contributed by atoms with Crippen LogP contribution in [0.2, 0.25) is 0 Å². The lowest BCUT2D eigenvalue weighted by Crippen LogP contribution is -2.58. The molecule has 9 heteroatoms. The highest BCUT2D eigenvalue weighted by Crippen LogP contribution is 2.47. The molecule has 0 aliphatic heterocycles. The quantitative estimate of drug-likeness (QED) is 0.182. The van der Waals surface area contributed by atoms with Crippen LogP contribution in [0.3, 0.4) is 0 Å². The number of aromatic nitrogens is 1. The number of fused-ring (bicyclic) bond motifs is 1. The smallest absolute Gasteiger partial charge is 0.370 e. The maximum atomic E-state index is 6.21. The molecule has 0 unspecified atom stereocenters. The van der Waals surface area contributed by atoms with Crippen molar-refractivity contribution in [1.29, 1.82) is 0 Å². The van der Waals surface area contributed by atoms with Crippen LogP contribution < -0.4 is 5.19 Å². The van der Waals surface area contributed by atoms with Gasteiger partial charge in [0.2, 0.25) is 0 Å². The van der Waals surface area contributed by atoms with Crippen LogP contribution in [-0.2, 0) is 19.7 Å². The first kappa shape index (κ1) is 25.1. The Morgan fingerprint density at radius 2 is 1.58 bits per heavy atom. The van der Waals surface area contributed by atoms with Gasteiger partial charge in [-0.3, -0.25) is 0 Å². The van der Waals surface area contributed by atoms with E-state index < -0.39 is 8.80 Å². The van der Waals surface area contributed by atoms with E-state index in [1.165, 1.54) is 15.2 Å². The van der Waals surface area contributed by atoms with Crippen molar-refractivity contribution >= 4 is 67.0 Å². The van der Waals surface area contributed by atoms with E-state index in [0.29, 0.717) is 19.8 Å². The molecule has 0 bridgehead atoms. The fraction of sp³-hybridized carbons (Fsp3) is 0.409. The lowest BCUT2D eigenvalue weighted by Gasteiger charge is -2.31. The number of benzene rings is 2. The number of hydrogen-bond acceptors (Lipinski definition) is 8. The average molecular weight is 512 g/mol. The molecule has 4 nitrogen and oxygen atoms in total. The summed E-state index contributed by atoms with van der Waals surface area (Å²) in [5, 5.41) is 1.11. The first-order valence-corrected chi connectivity index (χ1v) is 16.6. The van der Waals surface area contributed by atoms with Crippen molar-refractivity contribution in [1.82, 2.24) is 4.98 Å². The van der Waals surface area contributed by atoms with Crippen LogP contribution in [0.25, 0.3) is 10.2 Å². The number of hydrogen-bond donors (Lipinski definition) is 0. The second-order valence-corrected chi connectivity index (χ2v) is 14.3. The topological polar surface area (TPSA) is 40.6 Å². The summed E-state index contributed by atoms with van der Waals surface area (Å²) in [6.07, 6.45) is 2.02. The third-order valence-electron chi connectivity index (χ3n) is 4.47. The van der Waals surface area contributed by atoms with Crippen molar-refractivity contribution in [3.05, 3.63) is 48.0 Å². The lowest BCUT2D eigenvalue weighted by molar-refractivity contribution is 0.0857. The van der Waals surface area contributed by atoms with Gasteiger partial charge in [0, 0.05) is 29.9 Å². The maximum Gasteiger partial charge on any atom is 0.537 e. The van der Waals surface area contributed by atoms with E-state index >= 15 is 0 Å². The van der Waals surface area contributed by atoms with Gasteiger partial charge in [-0.05, 0) is 82.4 Å². The molecule has 31 heavy (non-hydrogen) atoms. The van der Waals surface area contributed by atoms with Crippen molar-refractivity contribution in [3.8, 4) is 0 Å². The highest BCUT2D eigenvalue weighted by molar-refractivity contribution is 9.09. The molecule has 2 aromatic carbocycles. The molecule has 0 atom stereocenters. The molecule has 0 amide bonds. The van der Waals surface area contributed by atoms with Crippen LogP contribution in [0.5, 0.6) is 0 Å². The van der Waals surface area contributed by atoms with Gasteiger partial charge in [-0.2, -0.15) is 0 Å². The largest absolute Gasteiger partial charge is 0.537 e. The molecule has 0 radical (unpaired) electrons. The summed E-state index contributed by atoms with van der Waals surface area (Å²) in [6.45, 7) is 9.92. The predicted molar refractivity (Wildman–Crippen MR) is 140 cm³/mol. The van der Waals surface area contributed by atoms with Gasteiger partial charge in [0.05, 0.1) is 10.2 Å². The molecule has 0 fully saturated rings. The van der Waals surface area contributed by atoms with Crippen LogP contribution in [0.15, 0.2) is 51.7 Å². The number of thiazole rings is 1. The molecule has 0 N–H and O–H groups in total. The average Bonchev–Trinajstić information content (AvgIpc) is 3.18. The Balaban J connectivity index is 1.84. The molecular weight excluding hydrogens is 483 g/mol. The van der Waals surface area contributed by atoms with E-state index in [4.69, 9.17) is 18.3 Å². The second-order valence-electron chi connectivity index (χ2n) is 6.57. The standard InChI is InChI=1S/C22H29NO3S4Si/c1-5-12-17-19(28-30-29-22-23-18-13-9-10-14-20(18)27-22)15-11-16-21(17)31(24-6-2,25-7-3)26-8-4/h9-11,13-16H,5-8,12H2,1-4H3. The minimum absolute atomic E-state index is 0.567. The first-order chi connectivity index (χ1) is 15.2. The van der Waals surface area contributed by atoms with Gasteiger partial charge >= 0.3 is 8.80 Å². The zero-order valence-corrected chi connectivity index (χ0v) is 22.6. The van der Waals surface area contributed by atoms with Gasteiger partial charge in [0.1, 0.15) is 0 Å². The minimum atomic E-state index is -2.95. The fourth-order valence-corrected chi connectivity index (χ4v) is 11.7. The van der Waals surface area contributed by atoms with Crippen molar-refractivity contribution in [2.24, 2.45) is 0 Å². The van der Waals surface area contributed by atoms with Crippen molar-refractivity contribution < 1.29 is 13.3 Å². The first-order valence-electron chi connectivity index (χ1n) is 10.6. The van der Waals surface area contributed by atoms with E-state index in [2.05, 4.69) is 43.3 Å². The molecule has 0 saturated carbocycles. The molecular formula is C22H29NO3S4Si. The third-order valence-corrected chi connectivity index (χ3v) is 12.8. The normalized spacial score (nSPS) is 12.0. The Morgan fingerprint density at radius 1 is 0.871 bits per heavy atom. The molecule has 3 aromatic rings. The van der Waals surface area contributed by atoms with Crippen LogP contribution >= 0.6 is 42.8 Å². The lowest BCUT2D eigenvalue weighted by atomic mass is 10.1. The van der Waals surface area contributed by atoms with E-state index in [1.54, 1.807) is 42.8 Å². The van der Waals surface area contributed by atoms with Gasteiger partial charge in [-0.15, -0.1) is 11.3 Å². The summed E-state index contributed by atoms with van der Waals surface area (Å²) in [5.41, 5.74) is 2.35. The van der Waals surface area contributed by atoms with Gasteiger partial charge < -0.3 is 13.3 Å². The Hall–Kier alpha value is -0.523.